The zero-order chi connectivity index (χ0) is 14.0. The normalized spacial score (nSPS) is 10.3. The number of nitrogens with zero attached hydrogens (tertiary/aromatic N) is 1. The van der Waals surface area contributed by atoms with Gasteiger partial charge in [0, 0.05) is 22.0 Å². The number of anilines is 2. The first kappa shape index (κ1) is 13.5. The van der Waals surface area contributed by atoms with Crippen molar-refractivity contribution in [2.75, 3.05) is 11.1 Å². The highest BCUT2D eigenvalue weighted by atomic mass is 79.9. The lowest BCUT2D eigenvalue weighted by molar-refractivity contribution is 0.102. The van der Waals surface area contributed by atoms with Gasteiger partial charge in [0.2, 0.25) is 0 Å². The van der Waals surface area contributed by atoms with Gasteiger partial charge in [-0.2, -0.15) is 0 Å². The average molecular weight is 320 g/mol. The first-order valence-electron chi connectivity index (χ1n) is 5.77. The average Bonchev–Trinajstić information content (AvgIpc) is 2.36. The summed E-state index contributed by atoms with van der Waals surface area (Å²) in [5.41, 5.74) is 9.54. The molecule has 0 saturated heterocycles. The lowest BCUT2D eigenvalue weighted by Gasteiger charge is -2.11. The molecule has 0 fully saturated rings. The summed E-state index contributed by atoms with van der Waals surface area (Å²) in [6.45, 7) is 3.86. The second-order valence-corrected chi connectivity index (χ2v) is 5.26. The maximum absolute atomic E-state index is 12.0. The molecular formula is C14H14BrN3O. The van der Waals surface area contributed by atoms with Gasteiger partial charge >= 0.3 is 0 Å². The maximum Gasteiger partial charge on any atom is 0.274 e. The number of aromatic nitrogens is 1. The quantitative estimate of drug-likeness (QED) is 0.834. The van der Waals surface area contributed by atoms with E-state index in [-0.39, 0.29) is 5.91 Å². The van der Waals surface area contributed by atoms with Gasteiger partial charge in [-0.25, -0.2) is 4.98 Å². The fourth-order valence-electron chi connectivity index (χ4n) is 1.70. The Morgan fingerprint density at radius 3 is 2.63 bits per heavy atom. The van der Waals surface area contributed by atoms with Crippen molar-refractivity contribution in [2.24, 2.45) is 0 Å². The summed E-state index contributed by atoms with van der Waals surface area (Å²) in [4.78, 5) is 16.1. The molecule has 0 aliphatic heterocycles. The molecule has 2 rings (SSSR count). The number of pyridine rings is 1. The van der Waals surface area contributed by atoms with Crippen LogP contribution in [0.25, 0.3) is 0 Å². The number of amides is 1. The molecule has 0 atom stereocenters. The van der Waals surface area contributed by atoms with Crippen LogP contribution in [0.3, 0.4) is 0 Å². The standard InChI is InChI=1S/C14H14BrN3O/c1-8-5-9(2)13(6-11(8)16)18-14(19)12-4-3-10(15)7-17-12/h3-7H,16H2,1-2H3,(H,18,19). The van der Waals surface area contributed by atoms with Gasteiger partial charge in [-0.05, 0) is 59.1 Å². The Morgan fingerprint density at radius 2 is 2.00 bits per heavy atom. The maximum atomic E-state index is 12.0. The topological polar surface area (TPSA) is 68.0 Å². The van der Waals surface area contributed by atoms with E-state index >= 15 is 0 Å². The molecule has 5 heteroatoms. The van der Waals surface area contributed by atoms with Crippen molar-refractivity contribution >= 4 is 33.2 Å². The zero-order valence-corrected chi connectivity index (χ0v) is 12.3. The molecule has 1 heterocycles. The number of nitrogen functional groups attached to an aromatic ring is 1. The van der Waals surface area contributed by atoms with E-state index in [4.69, 9.17) is 5.73 Å². The van der Waals surface area contributed by atoms with Crippen LogP contribution < -0.4 is 11.1 Å². The second-order valence-electron chi connectivity index (χ2n) is 4.34. The van der Waals surface area contributed by atoms with Crippen LogP contribution in [0.15, 0.2) is 34.9 Å². The van der Waals surface area contributed by atoms with Crippen molar-refractivity contribution in [3.05, 3.63) is 51.8 Å². The molecule has 4 nitrogen and oxygen atoms in total. The van der Waals surface area contributed by atoms with Gasteiger partial charge in [0.25, 0.3) is 5.91 Å². The van der Waals surface area contributed by atoms with Crippen LogP contribution in [0.4, 0.5) is 11.4 Å². The van der Waals surface area contributed by atoms with Gasteiger partial charge in [0.15, 0.2) is 0 Å². The van der Waals surface area contributed by atoms with E-state index in [1.807, 2.05) is 19.9 Å². The van der Waals surface area contributed by atoms with E-state index < -0.39 is 0 Å². The van der Waals surface area contributed by atoms with Crippen LogP contribution in [-0.2, 0) is 0 Å². The number of hydrogen-bond donors (Lipinski definition) is 2. The minimum Gasteiger partial charge on any atom is -0.398 e. The molecule has 0 bridgehead atoms. The number of nitrogens with one attached hydrogen (secondary N) is 1. The van der Waals surface area contributed by atoms with Crippen LogP contribution in [0.1, 0.15) is 21.6 Å². The third kappa shape index (κ3) is 3.12. The molecule has 3 N–H and O–H groups in total. The molecule has 0 saturated carbocycles. The fraction of sp³-hybridized carbons (Fsp3) is 0.143. The van der Waals surface area contributed by atoms with Crippen molar-refractivity contribution in [1.82, 2.24) is 4.98 Å². The summed E-state index contributed by atoms with van der Waals surface area (Å²) >= 11 is 3.28. The summed E-state index contributed by atoms with van der Waals surface area (Å²) in [6, 6.07) is 7.14. The molecule has 2 aromatic rings. The van der Waals surface area contributed by atoms with Crippen molar-refractivity contribution in [1.29, 1.82) is 0 Å². The summed E-state index contributed by atoms with van der Waals surface area (Å²) in [5, 5.41) is 2.82. The van der Waals surface area contributed by atoms with Crippen LogP contribution in [0, 0.1) is 13.8 Å². The molecule has 0 radical (unpaired) electrons. The molecule has 0 spiro atoms. The predicted octanol–water partition coefficient (Wildman–Crippen LogP) is 3.30. The van der Waals surface area contributed by atoms with Crippen molar-refractivity contribution in [3.63, 3.8) is 0 Å². The van der Waals surface area contributed by atoms with Crippen LogP contribution in [-0.4, -0.2) is 10.9 Å². The lowest BCUT2D eigenvalue weighted by atomic mass is 10.1. The molecule has 19 heavy (non-hydrogen) atoms. The highest BCUT2D eigenvalue weighted by Gasteiger charge is 2.10. The molecule has 0 aliphatic carbocycles. The van der Waals surface area contributed by atoms with Gasteiger partial charge in [0.1, 0.15) is 5.69 Å². The van der Waals surface area contributed by atoms with Gasteiger partial charge in [-0.1, -0.05) is 6.07 Å². The largest absolute Gasteiger partial charge is 0.398 e. The van der Waals surface area contributed by atoms with E-state index in [2.05, 4.69) is 26.2 Å². The predicted molar refractivity (Wildman–Crippen MR) is 80.2 cm³/mol. The molecule has 1 amide bonds. The molecule has 0 aliphatic rings. The molecule has 1 aromatic heterocycles. The number of halogens is 1. The Balaban J connectivity index is 2.24. The Morgan fingerprint density at radius 1 is 1.26 bits per heavy atom. The Labute approximate surface area is 120 Å². The van der Waals surface area contributed by atoms with Crippen molar-refractivity contribution < 1.29 is 4.79 Å². The van der Waals surface area contributed by atoms with E-state index in [0.29, 0.717) is 17.1 Å². The van der Waals surface area contributed by atoms with Crippen LogP contribution in [0.5, 0.6) is 0 Å². The van der Waals surface area contributed by atoms with E-state index in [1.165, 1.54) is 0 Å². The first-order valence-corrected chi connectivity index (χ1v) is 6.56. The number of benzene rings is 1. The smallest absolute Gasteiger partial charge is 0.274 e. The number of nitrogens with two attached hydrogens (primary N) is 1. The number of rotatable bonds is 2. The van der Waals surface area contributed by atoms with Gasteiger partial charge in [-0.3, -0.25) is 4.79 Å². The highest BCUT2D eigenvalue weighted by Crippen LogP contribution is 2.22. The Kier molecular flexibility index (Phi) is 3.85. The monoisotopic (exact) mass is 319 g/mol. The number of carbonyl (C=O) groups is 1. The van der Waals surface area contributed by atoms with Crippen molar-refractivity contribution in [2.45, 2.75) is 13.8 Å². The second kappa shape index (κ2) is 5.40. The molecule has 98 valence electrons. The first-order chi connectivity index (χ1) is 8.97. The van der Waals surface area contributed by atoms with Gasteiger partial charge in [-0.15, -0.1) is 0 Å². The number of aryl methyl sites for hydroxylation is 2. The third-order valence-electron chi connectivity index (χ3n) is 2.82. The molecule has 1 aromatic carbocycles. The summed E-state index contributed by atoms with van der Waals surface area (Å²) < 4.78 is 0.833. The summed E-state index contributed by atoms with van der Waals surface area (Å²) in [7, 11) is 0. The van der Waals surface area contributed by atoms with Crippen LogP contribution >= 0.6 is 15.9 Å². The third-order valence-corrected chi connectivity index (χ3v) is 3.29. The van der Waals surface area contributed by atoms with E-state index in [0.717, 1.165) is 15.6 Å². The molecular weight excluding hydrogens is 306 g/mol. The number of carbonyl (C=O) groups excluding carboxylic acids is 1. The SMILES string of the molecule is Cc1cc(C)c(NC(=O)c2ccc(Br)cn2)cc1N. The molecule has 0 unspecified atom stereocenters. The fourth-order valence-corrected chi connectivity index (χ4v) is 1.93. The number of hydrogen-bond acceptors (Lipinski definition) is 3. The van der Waals surface area contributed by atoms with E-state index in [1.54, 1.807) is 24.4 Å². The van der Waals surface area contributed by atoms with Gasteiger partial charge < -0.3 is 11.1 Å². The van der Waals surface area contributed by atoms with Crippen molar-refractivity contribution in [3.8, 4) is 0 Å². The van der Waals surface area contributed by atoms with Crippen LogP contribution in [0.2, 0.25) is 0 Å². The minimum absolute atomic E-state index is 0.251. The zero-order valence-electron chi connectivity index (χ0n) is 10.7. The summed E-state index contributed by atoms with van der Waals surface area (Å²) in [6.07, 6.45) is 1.59. The highest BCUT2D eigenvalue weighted by molar-refractivity contribution is 9.10. The lowest BCUT2D eigenvalue weighted by Crippen LogP contribution is -2.14. The summed E-state index contributed by atoms with van der Waals surface area (Å²) in [5.74, 6) is -0.251. The Bertz CT molecular complexity index is 623. The van der Waals surface area contributed by atoms with E-state index in [9.17, 15) is 4.79 Å². The minimum atomic E-state index is -0.251. The Hall–Kier alpha value is -1.88. The van der Waals surface area contributed by atoms with Gasteiger partial charge in [0.05, 0.1) is 0 Å².